The molecule has 2 N–H and O–H groups in total. The quantitative estimate of drug-likeness (QED) is 0.669. The van der Waals surface area contributed by atoms with Gasteiger partial charge in [-0.25, -0.2) is 9.98 Å². The number of hydrogen-bond acceptors (Lipinski definition) is 3. The molecule has 0 saturated carbocycles. The average Bonchev–Trinajstić information content (AvgIpc) is 3.24. The Labute approximate surface area is 130 Å². The fraction of sp³-hybridized carbons (Fsp3) is 0.438. The second-order valence-corrected chi connectivity index (χ2v) is 5.40. The van der Waals surface area contributed by atoms with Crippen molar-refractivity contribution in [2.24, 2.45) is 4.99 Å². The Kier molecular flexibility index (Phi) is 4.68. The molecule has 1 saturated heterocycles. The topological polar surface area (TPSA) is 69.2 Å². The van der Waals surface area contributed by atoms with E-state index < -0.39 is 0 Å². The van der Waals surface area contributed by atoms with Crippen LogP contribution in [-0.4, -0.2) is 45.7 Å². The SMILES string of the molecule is CCNC(=NCc1cccc(-c2ncn[nH]2)c1)N1CCCC1. The summed E-state index contributed by atoms with van der Waals surface area (Å²) in [5.74, 6) is 1.81. The van der Waals surface area contributed by atoms with E-state index >= 15 is 0 Å². The second-order valence-electron chi connectivity index (χ2n) is 5.40. The molecule has 1 aromatic heterocycles. The largest absolute Gasteiger partial charge is 0.357 e. The molecule has 0 atom stereocenters. The summed E-state index contributed by atoms with van der Waals surface area (Å²) in [7, 11) is 0. The van der Waals surface area contributed by atoms with Crippen LogP contribution in [0.3, 0.4) is 0 Å². The Morgan fingerprint density at radius 1 is 1.36 bits per heavy atom. The number of H-pyrrole nitrogens is 1. The van der Waals surface area contributed by atoms with Gasteiger partial charge >= 0.3 is 0 Å². The lowest BCUT2D eigenvalue weighted by Gasteiger charge is -2.20. The molecule has 1 fully saturated rings. The minimum atomic E-state index is 0.667. The molecule has 22 heavy (non-hydrogen) atoms. The highest BCUT2D eigenvalue weighted by Gasteiger charge is 2.15. The Hall–Kier alpha value is -2.37. The van der Waals surface area contributed by atoms with E-state index in [1.165, 1.54) is 24.7 Å². The van der Waals surface area contributed by atoms with Crippen molar-refractivity contribution in [1.29, 1.82) is 0 Å². The molecular formula is C16H22N6. The van der Waals surface area contributed by atoms with Crippen LogP contribution < -0.4 is 5.32 Å². The van der Waals surface area contributed by atoms with Crippen molar-refractivity contribution in [3.63, 3.8) is 0 Å². The van der Waals surface area contributed by atoms with Gasteiger partial charge in [0.1, 0.15) is 6.33 Å². The van der Waals surface area contributed by atoms with Gasteiger partial charge in [-0.05, 0) is 31.4 Å². The first-order chi connectivity index (χ1) is 10.9. The van der Waals surface area contributed by atoms with Crippen LogP contribution in [0.25, 0.3) is 11.4 Å². The summed E-state index contributed by atoms with van der Waals surface area (Å²) in [5.41, 5.74) is 2.21. The first-order valence-corrected chi connectivity index (χ1v) is 7.85. The van der Waals surface area contributed by atoms with Gasteiger partial charge in [0.2, 0.25) is 0 Å². The maximum atomic E-state index is 4.77. The lowest BCUT2D eigenvalue weighted by atomic mass is 10.1. The van der Waals surface area contributed by atoms with Gasteiger partial charge in [0.05, 0.1) is 6.54 Å². The number of rotatable bonds is 4. The average molecular weight is 298 g/mol. The maximum Gasteiger partial charge on any atom is 0.194 e. The van der Waals surface area contributed by atoms with Gasteiger partial charge in [0.15, 0.2) is 11.8 Å². The van der Waals surface area contributed by atoms with Gasteiger partial charge in [0, 0.05) is 25.2 Å². The highest BCUT2D eigenvalue weighted by atomic mass is 15.3. The zero-order valence-electron chi connectivity index (χ0n) is 12.9. The first-order valence-electron chi connectivity index (χ1n) is 7.85. The van der Waals surface area contributed by atoms with E-state index in [1.807, 2.05) is 12.1 Å². The Balaban J connectivity index is 1.73. The van der Waals surface area contributed by atoms with Crippen molar-refractivity contribution in [2.75, 3.05) is 19.6 Å². The van der Waals surface area contributed by atoms with Crippen LogP contribution in [0.1, 0.15) is 25.3 Å². The second kappa shape index (κ2) is 7.06. The third-order valence-electron chi connectivity index (χ3n) is 3.77. The summed E-state index contributed by atoms with van der Waals surface area (Å²) in [6.45, 7) is 5.87. The summed E-state index contributed by atoms with van der Waals surface area (Å²) in [6, 6.07) is 8.26. The molecule has 1 aliphatic heterocycles. The predicted molar refractivity (Wildman–Crippen MR) is 87.4 cm³/mol. The Bertz CT molecular complexity index is 613. The van der Waals surface area contributed by atoms with Crippen molar-refractivity contribution in [3.05, 3.63) is 36.2 Å². The Morgan fingerprint density at radius 2 is 2.23 bits per heavy atom. The predicted octanol–water partition coefficient (Wildman–Crippen LogP) is 2.03. The molecule has 2 aromatic rings. The van der Waals surface area contributed by atoms with Crippen LogP contribution in [-0.2, 0) is 6.54 Å². The molecule has 6 heteroatoms. The van der Waals surface area contributed by atoms with Crippen LogP contribution in [0.4, 0.5) is 0 Å². The molecule has 0 radical (unpaired) electrons. The number of aromatic amines is 1. The van der Waals surface area contributed by atoms with Gasteiger partial charge < -0.3 is 10.2 Å². The standard InChI is InChI=1S/C16H22N6/c1-2-17-16(22-8-3-4-9-22)18-11-13-6-5-7-14(10-13)15-19-12-20-21-15/h5-7,10,12H,2-4,8-9,11H2,1H3,(H,17,18)(H,19,20,21). The van der Waals surface area contributed by atoms with Crippen LogP contribution in [0.5, 0.6) is 0 Å². The molecule has 1 aromatic carbocycles. The number of aromatic nitrogens is 3. The van der Waals surface area contributed by atoms with Gasteiger partial charge in [-0.15, -0.1) is 0 Å². The zero-order valence-corrected chi connectivity index (χ0v) is 12.9. The number of likely N-dealkylation sites (tertiary alicyclic amines) is 1. The van der Waals surface area contributed by atoms with E-state index in [-0.39, 0.29) is 0 Å². The molecule has 0 unspecified atom stereocenters. The van der Waals surface area contributed by atoms with Gasteiger partial charge in [-0.2, -0.15) is 5.10 Å². The number of guanidine groups is 1. The van der Waals surface area contributed by atoms with Crippen molar-refractivity contribution >= 4 is 5.96 Å². The zero-order chi connectivity index (χ0) is 15.2. The molecule has 116 valence electrons. The van der Waals surface area contributed by atoms with E-state index in [0.29, 0.717) is 6.54 Å². The van der Waals surface area contributed by atoms with Crippen LogP contribution in [0.2, 0.25) is 0 Å². The van der Waals surface area contributed by atoms with Crippen LogP contribution in [0.15, 0.2) is 35.6 Å². The minimum Gasteiger partial charge on any atom is -0.357 e. The van der Waals surface area contributed by atoms with Crippen molar-refractivity contribution < 1.29 is 0 Å². The molecule has 0 aliphatic carbocycles. The molecule has 3 rings (SSSR count). The molecule has 0 bridgehead atoms. The fourth-order valence-electron chi connectivity index (χ4n) is 2.68. The molecular weight excluding hydrogens is 276 g/mol. The highest BCUT2D eigenvalue weighted by Crippen LogP contribution is 2.16. The monoisotopic (exact) mass is 298 g/mol. The van der Waals surface area contributed by atoms with Gasteiger partial charge in [-0.1, -0.05) is 18.2 Å². The lowest BCUT2D eigenvalue weighted by molar-refractivity contribution is 0.493. The van der Waals surface area contributed by atoms with Crippen LogP contribution >= 0.6 is 0 Å². The van der Waals surface area contributed by atoms with E-state index in [9.17, 15) is 0 Å². The summed E-state index contributed by atoms with van der Waals surface area (Å²) >= 11 is 0. The van der Waals surface area contributed by atoms with E-state index in [2.05, 4.69) is 44.5 Å². The maximum absolute atomic E-state index is 4.77. The highest BCUT2D eigenvalue weighted by molar-refractivity contribution is 5.80. The van der Waals surface area contributed by atoms with Gasteiger partial charge in [-0.3, -0.25) is 5.10 Å². The van der Waals surface area contributed by atoms with E-state index in [0.717, 1.165) is 37.0 Å². The number of aliphatic imine (C=N–C) groups is 1. The van der Waals surface area contributed by atoms with Crippen molar-refractivity contribution in [3.8, 4) is 11.4 Å². The molecule has 0 spiro atoms. The van der Waals surface area contributed by atoms with Crippen molar-refractivity contribution in [2.45, 2.75) is 26.3 Å². The van der Waals surface area contributed by atoms with E-state index in [4.69, 9.17) is 4.99 Å². The molecule has 6 nitrogen and oxygen atoms in total. The smallest absolute Gasteiger partial charge is 0.194 e. The fourth-order valence-corrected chi connectivity index (χ4v) is 2.68. The minimum absolute atomic E-state index is 0.667. The molecule has 0 amide bonds. The third kappa shape index (κ3) is 3.44. The number of hydrogen-bond donors (Lipinski definition) is 2. The number of nitrogens with one attached hydrogen (secondary N) is 2. The lowest BCUT2D eigenvalue weighted by Crippen LogP contribution is -2.39. The van der Waals surface area contributed by atoms with Crippen LogP contribution in [0, 0.1) is 0 Å². The first kappa shape index (κ1) is 14.6. The molecule has 1 aliphatic rings. The van der Waals surface area contributed by atoms with E-state index in [1.54, 1.807) is 0 Å². The summed E-state index contributed by atoms with van der Waals surface area (Å²) in [4.78, 5) is 11.3. The summed E-state index contributed by atoms with van der Waals surface area (Å²) in [6.07, 6.45) is 4.04. The van der Waals surface area contributed by atoms with Crippen molar-refractivity contribution in [1.82, 2.24) is 25.4 Å². The summed E-state index contributed by atoms with van der Waals surface area (Å²) in [5, 5.41) is 10.2. The number of benzene rings is 1. The number of nitrogens with zero attached hydrogens (tertiary/aromatic N) is 4. The molecule has 2 heterocycles. The third-order valence-corrected chi connectivity index (χ3v) is 3.77. The summed E-state index contributed by atoms with van der Waals surface area (Å²) < 4.78 is 0. The van der Waals surface area contributed by atoms with Gasteiger partial charge in [0.25, 0.3) is 0 Å². The normalized spacial score (nSPS) is 15.3. The Morgan fingerprint density at radius 3 is 2.95 bits per heavy atom.